The molecule has 0 fully saturated rings. The van der Waals surface area contributed by atoms with E-state index in [1.807, 2.05) is 6.07 Å². The topological polar surface area (TPSA) is 43.9 Å². The van der Waals surface area contributed by atoms with E-state index in [2.05, 4.69) is 174 Å². The molecule has 0 unspecified atom stereocenters. The summed E-state index contributed by atoms with van der Waals surface area (Å²) in [5.74, 6) is 0.633. The molecule has 3 heterocycles. The van der Waals surface area contributed by atoms with Gasteiger partial charge in [-0.3, -0.25) is 4.57 Å². The SMILES string of the molecule is c1ccc2cc(-c3ccc4c(c3)c3c5ccccc5ccc3n4-c3nc(-c4ccc5c(c4)oc4c6ccccc6ccc54)c4ccccc4n3)ccc2c1. The van der Waals surface area contributed by atoms with Crippen molar-refractivity contribution >= 4 is 87.0 Å². The first kappa shape index (κ1) is 29.3. The average molecular weight is 688 g/mol. The Morgan fingerprint density at radius 3 is 1.91 bits per heavy atom. The first-order chi connectivity index (χ1) is 26.7. The minimum atomic E-state index is 0.633. The fraction of sp³-hybridized carbons (Fsp3) is 0. The quantitative estimate of drug-likeness (QED) is 0.186. The average Bonchev–Trinajstić information content (AvgIpc) is 3.78. The number of benzene rings is 9. The van der Waals surface area contributed by atoms with E-state index >= 15 is 0 Å². The zero-order valence-corrected chi connectivity index (χ0v) is 29.0. The van der Waals surface area contributed by atoms with Crippen LogP contribution in [-0.2, 0) is 0 Å². The number of aromatic nitrogens is 3. The Bertz CT molecular complexity index is 3520. The van der Waals surface area contributed by atoms with Crippen molar-refractivity contribution in [2.24, 2.45) is 0 Å². The van der Waals surface area contributed by atoms with Crippen LogP contribution in [0.4, 0.5) is 0 Å². The number of nitrogens with zero attached hydrogens (tertiary/aromatic N) is 3. The molecule has 0 bridgehead atoms. The van der Waals surface area contributed by atoms with Gasteiger partial charge in [0.1, 0.15) is 11.2 Å². The second-order valence-corrected chi connectivity index (χ2v) is 14.2. The predicted octanol–water partition coefficient (Wildman–Crippen LogP) is 13.4. The van der Waals surface area contributed by atoms with E-state index in [4.69, 9.17) is 14.4 Å². The van der Waals surface area contributed by atoms with E-state index in [9.17, 15) is 0 Å². The Kier molecular flexibility index (Phi) is 6.02. The van der Waals surface area contributed by atoms with E-state index in [-0.39, 0.29) is 0 Å². The van der Waals surface area contributed by atoms with Crippen molar-refractivity contribution < 1.29 is 4.42 Å². The molecule has 0 spiro atoms. The fourth-order valence-corrected chi connectivity index (χ4v) is 8.59. The highest BCUT2D eigenvalue weighted by atomic mass is 16.3. The van der Waals surface area contributed by atoms with Gasteiger partial charge < -0.3 is 4.42 Å². The Hall–Kier alpha value is -7.30. The summed E-state index contributed by atoms with van der Waals surface area (Å²) < 4.78 is 8.86. The van der Waals surface area contributed by atoms with Gasteiger partial charge in [-0.25, -0.2) is 9.97 Å². The monoisotopic (exact) mass is 687 g/mol. The molecule has 250 valence electrons. The zero-order chi connectivity index (χ0) is 35.3. The summed E-state index contributed by atoms with van der Waals surface area (Å²) in [5, 5.41) is 12.7. The van der Waals surface area contributed by atoms with Gasteiger partial charge in [0.15, 0.2) is 0 Å². The molecule has 4 nitrogen and oxygen atoms in total. The van der Waals surface area contributed by atoms with E-state index in [0.717, 1.165) is 60.5 Å². The van der Waals surface area contributed by atoms with E-state index < -0.39 is 0 Å². The summed E-state index contributed by atoms with van der Waals surface area (Å²) in [5.41, 5.74) is 8.98. The van der Waals surface area contributed by atoms with Crippen LogP contribution < -0.4 is 0 Å². The van der Waals surface area contributed by atoms with Crippen LogP contribution in [-0.4, -0.2) is 14.5 Å². The lowest BCUT2D eigenvalue weighted by Gasteiger charge is -2.12. The number of rotatable bonds is 3. The van der Waals surface area contributed by atoms with Crippen LogP contribution in [0, 0.1) is 0 Å². The van der Waals surface area contributed by atoms with Crippen molar-refractivity contribution in [3.63, 3.8) is 0 Å². The first-order valence-electron chi connectivity index (χ1n) is 18.3. The zero-order valence-electron chi connectivity index (χ0n) is 29.0. The summed E-state index contributed by atoms with van der Waals surface area (Å²) in [6.45, 7) is 0. The van der Waals surface area contributed by atoms with Crippen molar-refractivity contribution in [1.29, 1.82) is 0 Å². The number of para-hydroxylation sites is 1. The van der Waals surface area contributed by atoms with E-state index in [0.29, 0.717) is 5.95 Å². The number of hydrogen-bond donors (Lipinski definition) is 0. The Labute approximate surface area is 309 Å². The summed E-state index contributed by atoms with van der Waals surface area (Å²) in [6.07, 6.45) is 0. The third kappa shape index (κ3) is 4.25. The van der Waals surface area contributed by atoms with Crippen LogP contribution >= 0.6 is 0 Å². The molecule has 12 aromatic rings. The molecule has 0 radical (unpaired) electrons. The highest BCUT2D eigenvalue weighted by Crippen LogP contribution is 2.41. The van der Waals surface area contributed by atoms with Crippen LogP contribution in [0.3, 0.4) is 0 Å². The van der Waals surface area contributed by atoms with Gasteiger partial charge >= 0.3 is 0 Å². The van der Waals surface area contributed by atoms with Gasteiger partial charge in [-0.15, -0.1) is 0 Å². The Morgan fingerprint density at radius 2 is 1.02 bits per heavy atom. The van der Waals surface area contributed by atoms with Gasteiger partial charge in [0.2, 0.25) is 5.95 Å². The maximum Gasteiger partial charge on any atom is 0.235 e. The molecule has 3 aromatic heterocycles. The molecular formula is C50H29N3O. The minimum Gasteiger partial charge on any atom is -0.455 e. The summed E-state index contributed by atoms with van der Waals surface area (Å²) in [6, 6.07) is 62.6. The van der Waals surface area contributed by atoms with E-state index in [1.165, 1.54) is 48.8 Å². The molecule has 0 amide bonds. The smallest absolute Gasteiger partial charge is 0.235 e. The summed E-state index contributed by atoms with van der Waals surface area (Å²) >= 11 is 0. The molecule has 0 saturated carbocycles. The van der Waals surface area contributed by atoms with Gasteiger partial charge in [-0.05, 0) is 86.6 Å². The number of furan rings is 1. The fourth-order valence-electron chi connectivity index (χ4n) is 8.59. The highest BCUT2D eigenvalue weighted by Gasteiger charge is 2.20. The van der Waals surface area contributed by atoms with Gasteiger partial charge in [0, 0.05) is 37.9 Å². The molecule has 4 heteroatoms. The number of fused-ring (bicyclic) bond motifs is 12. The van der Waals surface area contributed by atoms with Gasteiger partial charge in [0.05, 0.1) is 22.2 Å². The third-order valence-corrected chi connectivity index (χ3v) is 11.2. The van der Waals surface area contributed by atoms with Crippen LogP contribution in [0.2, 0.25) is 0 Å². The van der Waals surface area contributed by atoms with Gasteiger partial charge in [-0.1, -0.05) is 127 Å². The standard InChI is InChI=1S/C50H29N3O/c1-2-12-33-27-34(18-17-30(33)9-1)35-22-25-44-42(28-35)47-37-13-5-3-10-31(37)21-26-45(47)53(44)50-51-43-16-8-7-15-41(43)48(52-50)36-20-23-39-40-24-19-32-11-4-6-14-38(32)49(40)54-46(39)29-36/h1-29H. The maximum absolute atomic E-state index is 6.62. The van der Waals surface area contributed by atoms with Crippen molar-refractivity contribution in [2.75, 3.05) is 0 Å². The molecule has 9 aromatic carbocycles. The highest BCUT2D eigenvalue weighted by molar-refractivity contribution is 6.22. The molecular weight excluding hydrogens is 659 g/mol. The van der Waals surface area contributed by atoms with Crippen molar-refractivity contribution in [2.45, 2.75) is 0 Å². The lowest BCUT2D eigenvalue weighted by Crippen LogP contribution is -2.03. The second kappa shape index (κ2) is 11.1. The molecule has 54 heavy (non-hydrogen) atoms. The molecule has 0 saturated heterocycles. The van der Waals surface area contributed by atoms with Crippen molar-refractivity contribution in [3.8, 4) is 28.3 Å². The van der Waals surface area contributed by atoms with Gasteiger partial charge in [-0.2, -0.15) is 0 Å². The summed E-state index contributed by atoms with van der Waals surface area (Å²) in [7, 11) is 0. The lowest BCUT2D eigenvalue weighted by atomic mass is 9.98. The van der Waals surface area contributed by atoms with Crippen LogP contribution in [0.25, 0.3) is 115 Å². The molecule has 0 aliphatic carbocycles. The van der Waals surface area contributed by atoms with Crippen LogP contribution in [0.5, 0.6) is 0 Å². The summed E-state index contributed by atoms with van der Waals surface area (Å²) in [4.78, 5) is 10.7. The lowest BCUT2D eigenvalue weighted by molar-refractivity contribution is 0.673. The van der Waals surface area contributed by atoms with Crippen molar-refractivity contribution in [3.05, 3.63) is 176 Å². The molecule has 12 rings (SSSR count). The van der Waals surface area contributed by atoms with Crippen LogP contribution in [0.15, 0.2) is 180 Å². The Balaban J connectivity index is 1.11. The van der Waals surface area contributed by atoms with Crippen molar-refractivity contribution in [1.82, 2.24) is 14.5 Å². The molecule has 0 N–H and O–H groups in total. The van der Waals surface area contributed by atoms with E-state index in [1.54, 1.807) is 0 Å². The Morgan fingerprint density at radius 1 is 0.389 bits per heavy atom. The van der Waals surface area contributed by atoms with Crippen LogP contribution in [0.1, 0.15) is 0 Å². The molecule has 0 aliphatic heterocycles. The molecule has 0 aliphatic rings. The number of hydrogen-bond acceptors (Lipinski definition) is 3. The normalized spacial score (nSPS) is 12.1. The maximum atomic E-state index is 6.62. The minimum absolute atomic E-state index is 0.633. The molecule has 0 atom stereocenters. The predicted molar refractivity (Wildman–Crippen MR) is 225 cm³/mol. The van der Waals surface area contributed by atoms with Gasteiger partial charge in [0.25, 0.3) is 0 Å². The second-order valence-electron chi connectivity index (χ2n) is 14.2. The third-order valence-electron chi connectivity index (χ3n) is 11.2. The first-order valence-corrected chi connectivity index (χ1v) is 18.3. The largest absolute Gasteiger partial charge is 0.455 e.